The number of nitrogens with zero attached hydrogens (tertiary/aromatic N) is 2. The number of hydrogen-bond donors (Lipinski definition) is 8. The third kappa shape index (κ3) is 16.3. The van der Waals surface area contributed by atoms with Crippen LogP contribution in [0.25, 0.3) is 0 Å². The maximum absolute atomic E-state index is 15.2. The van der Waals surface area contributed by atoms with E-state index in [-0.39, 0.29) is 85.4 Å². The topological polar surface area (TPSA) is 258 Å². The molecule has 8 rings (SSSR count). The molecule has 2 aliphatic carbocycles. The van der Waals surface area contributed by atoms with Crippen LogP contribution < -0.4 is 42.5 Å². The van der Waals surface area contributed by atoms with E-state index in [4.69, 9.17) is 9.47 Å². The molecule has 8 N–H and O–H groups in total. The summed E-state index contributed by atoms with van der Waals surface area (Å²) in [5.41, 5.74) is 6.79. The zero-order valence-electron chi connectivity index (χ0n) is 51.9. The van der Waals surface area contributed by atoms with Gasteiger partial charge in [0.05, 0.1) is 50.4 Å². The van der Waals surface area contributed by atoms with Crippen molar-refractivity contribution in [3.8, 4) is 0 Å². The van der Waals surface area contributed by atoms with Crippen molar-refractivity contribution in [1.29, 1.82) is 0 Å². The third-order valence-electron chi connectivity index (χ3n) is 17.5. The van der Waals surface area contributed by atoms with Crippen LogP contribution in [-0.4, -0.2) is 151 Å². The minimum atomic E-state index is -1.07. The van der Waals surface area contributed by atoms with Gasteiger partial charge in [0.15, 0.2) is 0 Å². The van der Waals surface area contributed by atoms with E-state index in [0.717, 1.165) is 55.2 Å². The second-order valence-electron chi connectivity index (χ2n) is 25.0. The molecule has 4 aromatic carbocycles. The number of fused-ring (bicyclic) bond motifs is 3. The van der Waals surface area contributed by atoms with Crippen molar-refractivity contribution in [2.45, 2.75) is 166 Å². The fourth-order valence-corrected chi connectivity index (χ4v) is 12.9. The van der Waals surface area contributed by atoms with Crippen molar-refractivity contribution in [3.63, 3.8) is 0 Å². The summed E-state index contributed by atoms with van der Waals surface area (Å²) < 4.78 is 10.3. The number of thioether (sulfide) groups is 1. The number of anilines is 1. The first-order chi connectivity index (χ1) is 41.5. The number of rotatable bonds is 23. The lowest BCUT2D eigenvalue weighted by atomic mass is 9.85. The molecule has 4 aromatic rings. The standard InChI is InChI=1S/C66H88N10O10S/c1-39(67-8)58(78)73-56(65(3,4)5)63(83)76-35-48(33-54(76)62(82)72-53-24-16-20-42-18-12-14-22-51(42)53)71-61(81)44-27-25-43(26-28-44)60(80)70-47-30-29-45-32-49(36-86-38-69-52-23-15-19-41-17-11-13-21-50(41)52)75(34-46(45)31-47)64(84)57(74-59(79)40(2)68-9)66(6,7)87-37-55(77)85-10/h11-14,17-18,21-22,25-31,39-40,48-49,52-54,56-57,67-69H,15-16,19-20,23-24,32-38H2,1-10H3,(H,70,80)(H,71,81)(H,72,82)(H,73,78)(H,74,79)/t39-,40?,48?,49?,52?,53?,54?,56?,57?/m0/s1. The Bertz CT molecular complexity index is 3150. The molecule has 0 radical (unpaired) electrons. The van der Waals surface area contributed by atoms with E-state index < -0.39 is 76.1 Å². The van der Waals surface area contributed by atoms with E-state index in [2.05, 4.69) is 66.8 Å². The molecule has 0 spiro atoms. The van der Waals surface area contributed by atoms with Crippen LogP contribution in [0.15, 0.2) is 91.0 Å². The lowest BCUT2D eigenvalue weighted by Gasteiger charge is -2.42. The highest BCUT2D eigenvalue weighted by atomic mass is 32.2. The van der Waals surface area contributed by atoms with Gasteiger partial charge in [-0.3, -0.25) is 43.7 Å². The van der Waals surface area contributed by atoms with E-state index in [1.54, 1.807) is 57.1 Å². The van der Waals surface area contributed by atoms with Gasteiger partial charge < -0.3 is 56.5 Å². The number of likely N-dealkylation sites (tertiary alicyclic amines) is 1. The second kappa shape index (κ2) is 29.2. The van der Waals surface area contributed by atoms with Crippen molar-refractivity contribution in [2.75, 3.05) is 52.2 Å². The van der Waals surface area contributed by atoms with Gasteiger partial charge in [-0.15, -0.1) is 11.8 Å². The molecule has 1 fully saturated rings. The molecular formula is C66H88N10O10S. The van der Waals surface area contributed by atoms with E-state index in [9.17, 15) is 33.6 Å². The predicted octanol–water partition coefficient (Wildman–Crippen LogP) is 5.64. The maximum atomic E-state index is 15.2. The molecule has 2 aliphatic heterocycles. The van der Waals surface area contributed by atoms with Crippen molar-refractivity contribution in [1.82, 2.24) is 47.0 Å². The number of aryl methyl sites for hydroxylation is 2. The number of carbonyl (C=O) groups is 8. The number of esters is 1. The quantitative estimate of drug-likeness (QED) is 0.0254. The lowest BCUT2D eigenvalue weighted by Crippen LogP contribution is -2.62. The van der Waals surface area contributed by atoms with Crippen LogP contribution in [0.5, 0.6) is 0 Å². The van der Waals surface area contributed by atoms with E-state index >= 15 is 4.79 Å². The number of amides is 7. The van der Waals surface area contributed by atoms with Gasteiger partial charge in [0, 0.05) is 46.7 Å². The maximum Gasteiger partial charge on any atom is 0.315 e. The molecule has 0 aromatic heterocycles. The van der Waals surface area contributed by atoms with Crippen molar-refractivity contribution in [3.05, 3.63) is 136 Å². The zero-order chi connectivity index (χ0) is 62.7. The predicted molar refractivity (Wildman–Crippen MR) is 336 cm³/mol. The summed E-state index contributed by atoms with van der Waals surface area (Å²) in [6, 6.07) is 22.8. The molecular weight excluding hydrogens is 1120 g/mol. The second-order valence-corrected chi connectivity index (χ2v) is 26.6. The number of hydrogen-bond acceptors (Lipinski definition) is 14. The average molecular weight is 1210 g/mol. The van der Waals surface area contributed by atoms with Crippen LogP contribution in [0.3, 0.4) is 0 Å². The Morgan fingerprint density at radius 3 is 1.85 bits per heavy atom. The molecule has 468 valence electrons. The highest BCUT2D eigenvalue weighted by molar-refractivity contribution is 8.01. The third-order valence-corrected chi connectivity index (χ3v) is 18.8. The number of nitrogens with one attached hydrogen (secondary N) is 8. The van der Waals surface area contributed by atoms with E-state index in [0.29, 0.717) is 12.1 Å². The monoisotopic (exact) mass is 1210 g/mol. The molecule has 9 atom stereocenters. The molecule has 87 heavy (non-hydrogen) atoms. The summed E-state index contributed by atoms with van der Waals surface area (Å²) >= 11 is 1.21. The summed E-state index contributed by atoms with van der Waals surface area (Å²) in [6.07, 6.45) is 6.15. The van der Waals surface area contributed by atoms with Crippen molar-refractivity contribution >= 4 is 64.8 Å². The first-order valence-corrected chi connectivity index (χ1v) is 31.4. The largest absolute Gasteiger partial charge is 0.468 e. The minimum Gasteiger partial charge on any atom is -0.468 e. The van der Waals surface area contributed by atoms with Crippen LogP contribution in [0.2, 0.25) is 0 Å². The number of carbonyl (C=O) groups excluding carboxylic acids is 8. The number of ether oxygens (including phenoxy) is 2. The van der Waals surface area contributed by atoms with Gasteiger partial charge in [-0.2, -0.15) is 0 Å². The molecule has 2 heterocycles. The van der Waals surface area contributed by atoms with Gasteiger partial charge >= 0.3 is 5.97 Å². The number of methoxy groups -OCH3 is 1. The Balaban J connectivity index is 0.968. The first-order valence-electron chi connectivity index (χ1n) is 30.4. The minimum absolute atomic E-state index is 0.0183. The van der Waals surface area contributed by atoms with Gasteiger partial charge in [0.2, 0.25) is 29.5 Å². The molecule has 1 saturated heterocycles. The highest BCUT2D eigenvalue weighted by Gasteiger charge is 2.47. The van der Waals surface area contributed by atoms with Crippen molar-refractivity contribution in [2.24, 2.45) is 5.41 Å². The van der Waals surface area contributed by atoms with Crippen LogP contribution in [-0.2, 0) is 64.0 Å². The van der Waals surface area contributed by atoms with Crippen LogP contribution in [0, 0.1) is 5.41 Å². The summed E-state index contributed by atoms with van der Waals surface area (Å²) in [7, 11) is 4.62. The van der Waals surface area contributed by atoms with E-state index in [1.807, 2.05) is 77.1 Å². The molecule has 0 saturated carbocycles. The number of benzene rings is 4. The first kappa shape index (κ1) is 65.8. The Labute approximate surface area is 515 Å². The fourth-order valence-electron chi connectivity index (χ4n) is 12.0. The summed E-state index contributed by atoms with van der Waals surface area (Å²) in [4.78, 5) is 115. The van der Waals surface area contributed by atoms with Gasteiger partial charge in [-0.25, -0.2) is 0 Å². The Morgan fingerprint density at radius 2 is 1.24 bits per heavy atom. The normalized spacial score (nSPS) is 20.5. The highest BCUT2D eigenvalue weighted by Crippen LogP contribution is 2.36. The zero-order valence-corrected chi connectivity index (χ0v) is 52.8. The molecule has 7 amide bonds. The Morgan fingerprint density at radius 1 is 0.667 bits per heavy atom. The van der Waals surface area contributed by atoms with Crippen molar-refractivity contribution < 1.29 is 47.8 Å². The lowest BCUT2D eigenvalue weighted by molar-refractivity contribution is -0.144. The number of likely N-dealkylation sites (N-methyl/N-ethyl adjacent to an activating group) is 2. The molecule has 20 nitrogen and oxygen atoms in total. The Kier molecular flexibility index (Phi) is 22.1. The molecule has 0 bridgehead atoms. The summed E-state index contributed by atoms with van der Waals surface area (Å²) in [5.74, 6) is -3.30. The van der Waals surface area contributed by atoms with Crippen LogP contribution in [0.1, 0.15) is 147 Å². The smallest absolute Gasteiger partial charge is 0.315 e. The summed E-state index contributed by atoms with van der Waals surface area (Å²) in [6.45, 7) is 13.2. The van der Waals surface area contributed by atoms with Gasteiger partial charge in [0.1, 0.15) is 18.1 Å². The average Bonchev–Trinajstić information content (AvgIpc) is 1.99. The van der Waals surface area contributed by atoms with Gasteiger partial charge in [-0.1, -0.05) is 75.4 Å². The van der Waals surface area contributed by atoms with Gasteiger partial charge in [-0.05, 0) is 168 Å². The molecule has 4 aliphatic rings. The fraction of sp³-hybridized carbons (Fsp3) is 0.515. The van der Waals surface area contributed by atoms with E-state index in [1.165, 1.54) is 40.5 Å². The van der Waals surface area contributed by atoms with Gasteiger partial charge in [0.25, 0.3) is 11.8 Å². The summed E-state index contributed by atoms with van der Waals surface area (Å²) in [5, 5.41) is 24.6. The molecule has 8 unspecified atom stereocenters. The van der Waals surface area contributed by atoms with Crippen LogP contribution >= 0.6 is 11.8 Å². The molecule has 21 heteroatoms. The van der Waals surface area contributed by atoms with Crippen LogP contribution in [0.4, 0.5) is 5.69 Å². The Hall–Kier alpha value is -7.17. The SMILES string of the molecule is CNC(C)C(=O)NC(C(=O)N1Cc2cc(NC(=O)c3ccc(C(=O)NC4CC(C(=O)NC5CCCc6ccccc65)N(C(=O)C(NC(=O)[C@H](C)NC)C(C)(C)C)C4)cc3)ccc2CC1COCNC1CCCc2ccccc21)C(C)(C)SCC(=O)OC.